The van der Waals surface area contributed by atoms with Crippen LogP contribution in [-0.4, -0.2) is 27.0 Å². The zero-order valence-electron chi connectivity index (χ0n) is 12.7. The van der Waals surface area contributed by atoms with Gasteiger partial charge in [0, 0.05) is 18.0 Å². The molecule has 1 aliphatic heterocycles. The normalized spacial score (nSPS) is 15.9. The molecule has 1 aliphatic rings. The number of rotatable bonds is 3. The molecule has 2 aromatic rings. The molecule has 6 nitrogen and oxygen atoms in total. The molecular weight excluding hydrogens is 326 g/mol. The van der Waals surface area contributed by atoms with Gasteiger partial charge >= 0.3 is 5.24 Å². The van der Waals surface area contributed by atoms with E-state index in [0.717, 1.165) is 22.3 Å². The summed E-state index contributed by atoms with van der Waals surface area (Å²) in [6.45, 7) is 1.90. The number of aryl methyl sites for hydroxylation is 1. The Morgan fingerprint density at radius 2 is 1.96 bits per heavy atom. The van der Waals surface area contributed by atoms with Gasteiger partial charge in [0.15, 0.2) is 0 Å². The third kappa shape index (κ3) is 3.36. The predicted octanol–water partition coefficient (Wildman–Crippen LogP) is 2.77. The van der Waals surface area contributed by atoms with Crippen molar-refractivity contribution in [3.63, 3.8) is 0 Å². The first-order valence-electron chi connectivity index (χ1n) is 7.10. The van der Waals surface area contributed by atoms with Crippen LogP contribution in [0.25, 0.3) is 6.08 Å². The van der Waals surface area contributed by atoms with Gasteiger partial charge in [0.2, 0.25) is 0 Å². The van der Waals surface area contributed by atoms with Crippen LogP contribution in [-0.2, 0) is 4.79 Å². The Balaban J connectivity index is 1.76. The lowest BCUT2D eigenvalue weighted by Crippen LogP contribution is -2.44. The quantitative estimate of drug-likeness (QED) is 0.870. The van der Waals surface area contributed by atoms with E-state index in [4.69, 9.17) is 0 Å². The number of carbonyl (C=O) groups is 3. The minimum absolute atomic E-state index is 0.234. The van der Waals surface area contributed by atoms with Crippen molar-refractivity contribution in [2.75, 3.05) is 0 Å². The summed E-state index contributed by atoms with van der Waals surface area (Å²) in [7, 11) is 0. The van der Waals surface area contributed by atoms with Gasteiger partial charge in [-0.25, -0.2) is 0 Å². The van der Waals surface area contributed by atoms with E-state index >= 15 is 0 Å². The van der Waals surface area contributed by atoms with Gasteiger partial charge in [-0.15, -0.1) is 0 Å². The van der Waals surface area contributed by atoms with Crippen molar-refractivity contribution < 1.29 is 14.4 Å². The molecule has 1 fully saturated rings. The zero-order chi connectivity index (χ0) is 17.1. The van der Waals surface area contributed by atoms with Crippen molar-refractivity contribution in [2.24, 2.45) is 0 Å². The third-order valence-electron chi connectivity index (χ3n) is 3.30. The molecule has 0 radical (unpaired) electrons. The molecule has 2 heterocycles. The second-order valence-electron chi connectivity index (χ2n) is 5.11. The Labute approximate surface area is 142 Å². The minimum Gasteiger partial charge on any atom is -0.267 e. The van der Waals surface area contributed by atoms with E-state index in [9.17, 15) is 14.4 Å². The van der Waals surface area contributed by atoms with Gasteiger partial charge in [-0.2, -0.15) is 5.01 Å². The van der Waals surface area contributed by atoms with Crippen LogP contribution in [0.15, 0.2) is 53.7 Å². The average Bonchev–Trinajstić information content (AvgIpc) is 2.84. The number of pyridine rings is 1. The monoisotopic (exact) mass is 339 g/mol. The molecule has 0 unspecified atom stereocenters. The third-order valence-corrected chi connectivity index (χ3v) is 4.17. The lowest BCUT2D eigenvalue weighted by molar-refractivity contribution is -0.124. The second-order valence-corrected chi connectivity index (χ2v) is 6.10. The summed E-state index contributed by atoms with van der Waals surface area (Å²) in [5.41, 5.74) is 4.43. The topological polar surface area (TPSA) is 79.4 Å². The second kappa shape index (κ2) is 6.67. The number of thioether (sulfide) groups is 1. The molecule has 1 N–H and O–H groups in total. The smallest absolute Gasteiger partial charge is 0.267 e. The fraction of sp³-hybridized carbons (Fsp3) is 0.0588. The van der Waals surface area contributed by atoms with Gasteiger partial charge in [-0.3, -0.25) is 24.8 Å². The van der Waals surface area contributed by atoms with Crippen LogP contribution in [0.5, 0.6) is 0 Å². The summed E-state index contributed by atoms with van der Waals surface area (Å²) in [5, 5.41) is 0.185. The average molecular weight is 339 g/mol. The summed E-state index contributed by atoms with van der Waals surface area (Å²) in [4.78, 5) is 40.7. The number of nitrogens with one attached hydrogen (secondary N) is 1. The number of amides is 3. The number of imide groups is 1. The SMILES string of the molecule is Cc1ccc(C(=O)NN2C(=O)S/C(=C/c3cccnc3)C2=O)cc1. The van der Waals surface area contributed by atoms with Crippen LogP contribution in [0.1, 0.15) is 21.5 Å². The van der Waals surface area contributed by atoms with Crippen LogP contribution >= 0.6 is 11.8 Å². The molecule has 0 atom stereocenters. The number of hydrazine groups is 1. The number of hydrogen-bond acceptors (Lipinski definition) is 5. The molecule has 3 amide bonds. The highest BCUT2D eigenvalue weighted by molar-refractivity contribution is 8.18. The Morgan fingerprint density at radius 3 is 2.62 bits per heavy atom. The Bertz CT molecular complexity index is 832. The van der Waals surface area contributed by atoms with Crippen molar-refractivity contribution in [3.05, 3.63) is 70.4 Å². The van der Waals surface area contributed by atoms with Gasteiger partial charge in [0.05, 0.1) is 4.91 Å². The van der Waals surface area contributed by atoms with Crippen molar-refractivity contribution in [2.45, 2.75) is 6.92 Å². The maximum Gasteiger partial charge on any atom is 0.312 e. The van der Waals surface area contributed by atoms with E-state index in [1.54, 1.807) is 54.9 Å². The van der Waals surface area contributed by atoms with Crippen LogP contribution in [0.2, 0.25) is 0 Å². The van der Waals surface area contributed by atoms with Gasteiger partial charge < -0.3 is 0 Å². The first kappa shape index (κ1) is 15.9. The highest BCUT2D eigenvalue weighted by Gasteiger charge is 2.36. The van der Waals surface area contributed by atoms with Crippen molar-refractivity contribution in [1.82, 2.24) is 15.4 Å². The molecule has 24 heavy (non-hydrogen) atoms. The molecule has 1 aromatic carbocycles. The van der Waals surface area contributed by atoms with Gasteiger partial charge in [0.25, 0.3) is 11.8 Å². The molecule has 120 valence electrons. The zero-order valence-corrected chi connectivity index (χ0v) is 13.5. The van der Waals surface area contributed by atoms with Crippen molar-refractivity contribution in [1.29, 1.82) is 0 Å². The van der Waals surface area contributed by atoms with Gasteiger partial charge in [-0.05, 0) is 48.5 Å². The molecule has 0 spiro atoms. The predicted molar refractivity (Wildman–Crippen MR) is 90.7 cm³/mol. The van der Waals surface area contributed by atoms with E-state index in [-0.39, 0.29) is 4.91 Å². The Hall–Kier alpha value is -2.93. The summed E-state index contributed by atoms with van der Waals surface area (Å²) >= 11 is 0.772. The summed E-state index contributed by atoms with van der Waals surface area (Å²) in [6, 6.07) is 10.3. The number of aromatic nitrogens is 1. The minimum atomic E-state index is -0.561. The first-order valence-corrected chi connectivity index (χ1v) is 7.92. The summed E-state index contributed by atoms with van der Waals surface area (Å²) < 4.78 is 0. The molecule has 1 saturated heterocycles. The fourth-order valence-electron chi connectivity index (χ4n) is 2.05. The number of carbonyl (C=O) groups excluding carboxylic acids is 3. The van der Waals surface area contributed by atoms with E-state index in [1.165, 1.54) is 0 Å². The van der Waals surface area contributed by atoms with Crippen LogP contribution in [0, 0.1) is 6.92 Å². The van der Waals surface area contributed by atoms with Crippen molar-refractivity contribution >= 4 is 34.9 Å². The number of hydrogen-bond donors (Lipinski definition) is 1. The highest BCUT2D eigenvalue weighted by atomic mass is 32.2. The number of benzene rings is 1. The van der Waals surface area contributed by atoms with E-state index in [0.29, 0.717) is 11.1 Å². The molecule has 1 aromatic heterocycles. The van der Waals surface area contributed by atoms with Crippen LogP contribution in [0.4, 0.5) is 4.79 Å². The van der Waals surface area contributed by atoms with Crippen molar-refractivity contribution in [3.8, 4) is 0 Å². The largest absolute Gasteiger partial charge is 0.312 e. The fourth-order valence-corrected chi connectivity index (χ4v) is 2.83. The van der Waals surface area contributed by atoms with Gasteiger partial charge in [-0.1, -0.05) is 23.8 Å². The van der Waals surface area contributed by atoms with E-state index in [2.05, 4.69) is 10.4 Å². The molecule has 3 rings (SSSR count). The molecule has 0 saturated carbocycles. The lowest BCUT2D eigenvalue weighted by Gasteiger charge is -2.13. The standard InChI is InChI=1S/C17H13N3O3S/c1-11-4-6-13(7-5-11)15(21)19-20-16(22)14(24-17(20)23)9-12-3-2-8-18-10-12/h2-10H,1H3,(H,19,21)/b14-9+. The molecule has 0 bridgehead atoms. The number of nitrogens with zero attached hydrogens (tertiary/aromatic N) is 2. The molecule has 7 heteroatoms. The van der Waals surface area contributed by atoms with E-state index < -0.39 is 17.1 Å². The van der Waals surface area contributed by atoms with Crippen LogP contribution in [0.3, 0.4) is 0 Å². The highest BCUT2D eigenvalue weighted by Crippen LogP contribution is 2.30. The maximum absolute atomic E-state index is 12.3. The molecule has 0 aliphatic carbocycles. The first-order chi connectivity index (χ1) is 11.5. The lowest BCUT2D eigenvalue weighted by atomic mass is 10.1. The van der Waals surface area contributed by atoms with Crippen LogP contribution < -0.4 is 5.43 Å². The Morgan fingerprint density at radius 1 is 1.21 bits per heavy atom. The Kier molecular flexibility index (Phi) is 4.43. The summed E-state index contributed by atoms with van der Waals surface area (Å²) in [6.07, 6.45) is 4.76. The molecular formula is C17H13N3O3S. The maximum atomic E-state index is 12.3. The summed E-state index contributed by atoms with van der Waals surface area (Å²) in [5.74, 6) is -1.07. The van der Waals surface area contributed by atoms with Gasteiger partial charge in [0.1, 0.15) is 0 Å². The van der Waals surface area contributed by atoms with E-state index in [1.807, 2.05) is 6.92 Å².